The van der Waals surface area contributed by atoms with Crippen molar-refractivity contribution in [2.75, 3.05) is 30.9 Å². The van der Waals surface area contributed by atoms with Gasteiger partial charge in [0.25, 0.3) is 5.91 Å². The van der Waals surface area contributed by atoms with Crippen LogP contribution in [0.1, 0.15) is 17.3 Å². The van der Waals surface area contributed by atoms with Crippen molar-refractivity contribution in [1.29, 1.82) is 0 Å². The van der Waals surface area contributed by atoms with Gasteiger partial charge in [-0.3, -0.25) is 10.1 Å². The SMILES string of the molecule is CCOc1ccc2nc(NC(=O)c3cc(Cl)nc(N(C)C)c3)sc2c1. The number of thiazole rings is 1. The summed E-state index contributed by atoms with van der Waals surface area (Å²) in [6.45, 7) is 2.54. The smallest absolute Gasteiger partial charge is 0.257 e. The van der Waals surface area contributed by atoms with Crippen LogP contribution >= 0.6 is 22.9 Å². The molecule has 2 heterocycles. The van der Waals surface area contributed by atoms with Crippen LogP contribution in [0.2, 0.25) is 5.15 Å². The Bertz CT molecular complexity index is 926. The van der Waals surface area contributed by atoms with Gasteiger partial charge in [-0.05, 0) is 37.3 Å². The fourth-order valence-corrected chi connectivity index (χ4v) is 3.32. The zero-order chi connectivity index (χ0) is 18.0. The fourth-order valence-electron chi connectivity index (χ4n) is 2.23. The summed E-state index contributed by atoms with van der Waals surface area (Å²) in [7, 11) is 3.67. The van der Waals surface area contributed by atoms with Gasteiger partial charge in [0.05, 0.1) is 16.8 Å². The molecule has 3 aromatic rings. The molecule has 0 saturated heterocycles. The molecule has 0 saturated carbocycles. The monoisotopic (exact) mass is 376 g/mol. The van der Waals surface area contributed by atoms with Gasteiger partial charge in [0.1, 0.15) is 16.7 Å². The summed E-state index contributed by atoms with van der Waals surface area (Å²) in [5.41, 5.74) is 1.24. The Labute approximate surface area is 154 Å². The van der Waals surface area contributed by atoms with Crippen molar-refractivity contribution in [2.45, 2.75) is 6.92 Å². The molecular weight excluding hydrogens is 360 g/mol. The Morgan fingerprint density at radius 1 is 1.28 bits per heavy atom. The molecule has 6 nitrogen and oxygen atoms in total. The summed E-state index contributed by atoms with van der Waals surface area (Å²) in [5, 5.41) is 3.60. The molecule has 130 valence electrons. The first-order valence-electron chi connectivity index (χ1n) is 7.66. The van der Waals surface area contributed by atoms with Gasteiger partial charge >= 0.3 is 0 Å². The van der Waals surface area contributed by atoms with E-state index in [1.54, 1.807) is 11.0 Å². The average Bonchev–Trinajstić information content (AvgIpc) is 2.96. The first-order chi connectivity index (χ1) is 12.0. The van der Waals surface area contributed by atoms with E-state index in [9.17, 15) is 4.79 Å². The summed E-state index contributed by atoms with van der Waals surface area (Å²) < 4.78 is 6.43. The zero-order valence-electron chi connectivity index (χ0n) is 14.0. The number of fused-ring (bicyclic) bond motifs is 1. The molecule has 0 fully saturated rings. The number of nitrogens with one attached hydrogen (secondary N) is 1. The second-order valence-electron chi connectivity index (χ2n) is 5.47. The van der Waals surface area contributed by atoms with E-state index >= 15 is 0 Å². The van der Waals surface area contributed by atoms with Crippen molar-refractivity contribution >= 4 is 50.0 Å². The van der Waals surface area contributed by atoms with Crippen LogP contribution in [-0.4, -0.2) is 36.6 Å². The molecule has 0 atom stereocenters. The number of amides is 1. The third-order valence-corrected chi connectivity index (χ3v) is 4.52. The maximum atomic E-state index is 12.5. The number of benzene rings is 1. The third kappa shape index (κ3) is 4.00. The number of anilines is 2. The van der Waals surface area contributed by atoms with E-state index in [0.29, 0.717) is 23.1 Å². The van der Waals surface area contributed by atoms with Crippen LogP contribution < -0.4 is 15.0 Å². The van der Waals surface area contributed by atoms with Gasteiger partial charge in [-0.2, -0.15) is 0 Å². The number of rotatable bonds is 5. The summed E-state index contributed by atoms with van der Waals surface area (Å²) >= 11 is 7.40. The summed E-state index contributed by atoms with van der Waals surface area (Å²) in [6.07, 6.45) is 0. The maximum Gasteiger partial charge on any atom is 0.257 e. The molecule has 1 N–H and O–H groups in total. The number of halogens is 1. The number of nitrogens with zero attached hydrogens (tertiary/aromatic N) is 3. The number of hydrogen-bond donors (Lipinski definition) is 1. The van der Waals surface area contributed by atoms with Crippen LogP contribution in [-0.2, 0) is 0 Å². The van der Waals surface area contributed by atoms with Crippen LogP contribution in [0.3, 0.4) is 0 Å². The van der Waals surface area contributed by atoms with Gasteiger partial charge < -0.3 is 9.64 Å². The molecule has 0 unspecified atom stereocenters. The molecule has 0 spiro atoms. The second kappa shape index (κ2) is 7.25. The fraction of sp³-hybridized carbons (Fsp3) is 0.235. The Morgan fingerprint density at radius 2 is 2.08 bits per heavy atom. The van der Waals surface area contributed by atoms with Crippen molar-refractivity contribution in [3.63, 3.8) is 0 Å². The van der Waals surface area contributed by atoms with E-state index < -0.39 is 0 Å². The summed E-state index contributed by atoms with van der Waals surface area (Å²) in [4.78, 5) is 22.9. The average molecular weight is 377 g/mol. The van der Waals surface area contributed by atoms with Crippen molar-refractivity contribution < 1.29 is 9.53 Å². The predicted molar refractivity (Wildman–Crippen MR) is 102 cm³/mol. The first-order valence-corrected chi connectivity index (χ1v) is 8.85. The molecule has 0 radical (unpaired) electrons. The van der Waals surface area contributed by atoms with E-state index in [1.165, 1.54) is 17.4 Å². The minimum Gasteiger partial charge on any atom is -0.494 e. The molecule has 0 aliphatic rings. The molecule has 1 aromatic carbocycles. The highest BCUT2D eigenvalue weighted by molar-refractivity contribution is 7.22. The molecular formula is C17H17ClN4O2S. The molecule has 25 heavy (non-hydrogen) atoms. The highest BCUT2D eigenvalue weighted by Crippen LogP contribution is 2.29. The molecule has 8 heteroatoms. The Morgan fingerprint density at radius 3 is 2.80 bits per heavy atom. The van der Waals surface area contributed by atoms with Crippen LogP contribution in [0.4, 0.5) is 10.9 Å². The number of pyridine rings is 1. The topological polar surface area (TPSA) is 67.3 Å². The van der Waals surface area contributed by atoms with Crippen molar-refractivity contribution in [1.82, 2.24) is 9.97 Å². The number of carbonyl (C=O) groups is 1. The maximum absolute atomic E-state index is 12.5. The minimum absolute atomic E-state index is 0.266. The molecule has 0 aliphatic carbocycles. The van der Waals surface area contributed by atoms with E-state index in [2.05, 4.69) is 15.3 Å². The Balaban J connectivity index is 1.84. The quantitative estimate of drug-likeness (QED) is 0.680. The van der Waals surface area contributed by atoms with Gasteiger partial charge in [-0.1, -0.05) is 22.9 Å². The van der Waals surface area contributed by atoms with Crippen molar-refractivity contribution in [3.8, 4) is 5.75 Å². The standard InChI is InChI=1S/C17H17ClN4O2S/c1-4-24-11-5-6-12-13(9-11)25-17(19-12)21-16(23)10-7-14(18)20-15(8-10)22(2)3/h5-9H,4H2,1-3H3,(H,19,21,23). The number of carbonyl (C=O) groups excluding carboxylic acids is 1. The van der Waals surface area contributed by atoms with Crippen molar-refractivity contribution in [3.05, 3.63) is 41.0 Å². The van der Waals surface area contributed by atoms with Gasteiger partial charge in [-0.15, -0.1) is 0 Å². The van der Waals surface area contributed by atoms with E-state index in [-0.39, 0.29) is 11.1 Å². The Hall–Kier alpha value is -2.38. The zero-order valence-corrected chi connectivity index (χ0v) is 15.6. The lowest BCUT2D eigenvalue weighted by molar-refractivity contribution is 0.102. The second-order valence-corrected chi connectivity index (χ2v) is 6.88. The first kappa shape index (κ1) is 17.4. The van der Waals surface area contributed by atoms with Gasteiger partial charge in [-0.25, -0.2) is 9.97 Å². The van der Waals surface area contributed by atoms with E-state index in [0.717, 1.165) is 16.0 Å². The third-order valence-electron chi connectivity index (χ3n) is 3.39. The molecule has 0 bridgehead atoms. The normalized spacial score (nSPS) is 10.7. The van der Waals surface area contributed by atoms with Crippen LogP contribution in [0.25, 0.3) is 10.2 Å². The summed E-state index contributed by atoms with van der Waals surface area (Å²) in [6, 6.07) is 8.87. The predicted octanol–water partition coefficient (Wildman–Crippen LogP) is 4.06. The van der Waals surface area contributed by atoms with Crippen LogP contribution in [0.5, 0.6) is 5.75 Å². The molecule has 3 rings (SSSR count). The number of aromatic nitrogens is 2. The van der Waals surface area contributed by atoms with Crippen LogP contribution in [0, 0.1) is 0 Å². The molecule has 0 aliphatic heterocycles. The molecule has 2 aromatic heterocycles. The lowest BCUT2D eigenvalue weighted by Crippen LogP contribution is -2.15. The minimum atomic E-state index is -0.281. The number of hydrogen-bond acceptors (Lipinski definition) is 6. The van der Waals surface area contributed by atoms with Crippen LogP contribution in [0.15, 0.2) is 30.3 Å². The molecule has 1 amide bonds. The lowest BCUT2D eigenvalue weighted by atomic mass is 10.2. The van der Waals surface area contributed by atoms with E-state index in [1.807, 2.05) is 39.2 Å². The Kier molecular flexibility index (Phi) is 5.06. The number of ether oxygens (including phenoxy) is 1. The van der Waals surface area contributed by atoms with Gasteiger partial charge in [0.15, 0.2) is 5.13 Å². The van der Waals surface area contributed by atoms with Gasteiger partial charge in [0.2, 0.25) is 0 Å². The largest absolute Gasteiger partial charge is 0.494 e. The van der Waals surface area contributed by atoms with Crippen molar-refractivity contribution in [2.24, 2.45) is 0 Å². The highest BCUT2D eigenvalue weighted by atomic mass is 35.5. The van der Waals surface area contributed by atoms with Gasteiger partial charge in [0, 0.05) is 19.7 Å². The lowest BCUT2D eigenvalue weighted by Gasteiger charge is -2.12. The van der Waals surface area contributed by atoms with E-state index in [4.69, 9.17) is 16.3 Å². The highest BCUT2D eigenvalue weighted by Gasteiger charge is 2.13. The summed E-state index contributed by atoms with van der Waals surface area (Å²) in [5.74, 6) is 1.12.